The number of rotatable bonds is 5. The minimum Gasteiger partial charge on any atom is -0.493 e. The van der Waals surface area contributed by atoms with Gasteiger partial charge in [-0.3, -0.25) is 0 Å². The van der Waals surface area contributed by atoms with Crippen molar-refractivity contribution >= 4 is 21.1 Å². The van der Waals surface area contributed by atoms with Crippen molar-refractivity contribution in [1.29, 1.82) is 5.26 Å². The second kappa shape index (κ2) is 6.55. The molecule has 0 amide bonds. The van der Waals surface area contributed by atoms with Gasteiger partial charge in [0.15, 0.2) is 0 Å². The highest BCUT2D eigenvalue weighted by Crippen LogP contribution is 2.32. The largest absolute Gasteiger partial charge is 0.493 e. The maximum atomic E-state index is 12.0. The number of fused-ring (bicyclic) bond motifs is 1. The van der Waals surface area contributed by atoms with E-state index < -0.39 is 10.0 Å². The first-order valence-electron chi connectivity index (χ1n) is 7.59. The summed E-state index contributed by atoms with van der Waals surface area (Å²) in [6.07, 6.45) is 0. The van der Waals surface area contributed by atoms with E-state index in [9.17, 15) is 8.42 Å². The van der Waals surface area contributed by atoms with Gasteiger partial charge in [-0.15, -0.1) is 0 Å². The third kappa shape index (κ3) is 3.20. The van der Waals surface area contributed by atoms with Crippen molar-refractivity contribution in [2.75, 3.05) is 13.7 Å². The predicted octanol–water partition coefficient (Wildman–Crippen LogP) is 2.41. The van der Waals surface area contributed by atoms with Crippen LogP contribution in [0, 0.1) is 11.3 Å². The van der Waals surface area contributed by atoms with Gasteiger partial charge in [-0.1, -0.05) is 0 Å². The Kier molecular flexibility index (Phi) is 4.44. The summed E-state index contributed by atoms with van der Waals surface area (Å²) in [5.41, 5.74) is 2.60. The lowest BCUT2D eigenvalue weighted by atomic mass is 10.2. The van der Waals surface area contributed by atoms with Crippen LogP contribution >= 0.6 is 0 Å². The lowest BCUT2D eigenvalue weighted by molar-refractivity contribution is 0.340. The SMILES string of the molecule is CCOc1cc(S(=O)(=O)NC)ccc1-c1nc2cc(C#N)ccc2[nH]1. The van der Waals surface area contributed by atoms with Gasteiger partial charge in [-0.25, -0.2) is 18.1 Å². The number of sulfonamides is 1. The number of hydrogen-bond donors (Lipinski definition) is 2. The van der Waals surface area contributed by atoms with E-state index >= 15 is 0 Å². The van der Waals surface area contributed by atoms with Crippen LogP contribution in [0.2, 0.25) is 0 Å². The molecule has 7 nitrogen and oxygen atoms in total. The molecule has 0 aliphatic rings. The molecule has 1 heterocycles. The molecule has 8 heteroatoms. The highest BCUT2D eigenvalue weighted by Gasteiger charge is 2.17. The number of nitriles is 1. The topological polar surface area (TPSA) is 108 Å². The van der Waals surface area contributed by atoms with Crippen LogP contribution in [0.4, 0.5) is 0 Å². The average molecular weight is 356 g/mol. The minimum atomic E-state index is -3.57. The molecule has 0 aliphatic heterocycles. The van der Waals surface area contributed by atoms with Crippen molar-refractivity contribution in [1.82, 2.24) is 14.7 Å². The van der Waals surface area contributed by atoms with Crippen molar-refractivity contribution in [2.45, 2.75) is 11.8 Å². The minimum absolute atomic E-state index is 0.116. The van der Waals surface area contributed by atoms with E-state index in [4.69, 9.17) is 10.00 Å². The van der Waals surface area contributed by atoms with Crippen molar-refractivity contribution in [2.24, 2.45) is 0 Å². The Hall–Kier alpha value is -2.89. The van der Waals surface area contributed by atoms with Crippen molar-refractivity contribution in [3.05, 3.63) is 42.0 Å². The standard InChI is InChI=1S/C17H16N4O3S/c1-3-24-16-9-12(25(22,23)19-2)5-6-13(16)17-20-14-7-4-11(10-18)8-15(14)21-17/h4-9,19H,3H2,1-2H3,(H,20,21). The highest BCUT2D eigenvalue weighted by atomic mass is 32.2. The van der Waals surface area contributed by atoms with Crippen molar-refractivity contribution < 1.29 is 13.2 Å². The number of aromatic amines is 1. The number of H-pyrrole nitrogens is 1. The Balaban J connectivity index is 2.14. The normalized spacial score (nSPS) is 11.4. The van der Waals surface area contributed by atoms with Crippen LogP contribution in [0.15, 0.2) is 41.3 Å². The molecular weight excluding hydrogens is 340 g/mol. The van der Waals surface area contributed by atoms with E-state index in [1.54, 1.807) is 24.3 Å². The summed E-state index contributed by atoms with van der Waals surface area (Å²) in [5, 5.41) is 8.99. The van der Waals surface area contributed by atoms with Gasteiger partial charge in [0, 0.05) is 6.07 Å². The second-order valence-corrected chi connectivity index (χ2v) is 7.11. The molecule has 2 aromatic carbocycles. The fraction of sp³-hybridized carbons (Fsp3) is 0.176. The van der Waals surface area contributed by atoms with Gasteiger partial charge >= 0.3 is 0 Å². The maximum Gasteiger partial charge on any atom is 0.240 e. The number of benzene rings is 2. The second-order valence-electron chi connectivity index (χ2n) is 5.23. The van der Waals surface area contributed by atoms with Crippen molar-refractivity contribution in [3.8, 4) is 23.2 Å². The third-order valence-electron chi connectivity index (χ3n) is 3.70. The molecule has 0 saturated carbocycles. The van der Waals surface area contributed by atoms with Crippen LogP contribution in [0.1, 0.15) is 12.5 Å². The first-order valence-corrected chi connectivity index (χ1v) is 9.07. The molecule has 2 N–H and O–H groups in total. The lowest BCUT2D eigenvalue weighted by Gasteiger charge is -2.11. The number of ether oxygens (including phenoxy) is 1. The lowest BCUT2D eigenvalue weighted by Crippen LogP contribution is -2.18. The quantitative estimate of drug-likeness (QED) is 0.730. The van der Waals surface area contributed by atoms with Gasteiger partial charge in [0.25, 0.3) is 0 Å². The zero-order chi connectivity index (χ0) is 18.0. The van der Waals surface area contributed by atoms with E-state index in [0.717, 1.165) is 5.52 Å². The summed E-state index contributed by atoms with van der Waals surface area (Å²) in [6.45, 7) is 2.20. The molecule has 25 heavy (non-hydrogen) atoms. The molecule has 0 atom stereocenters. The van der Waals surface area contributed by atoms with Crippen LogP contribution in [-0.2, 0) is 10.0 Å². The zero-order valence-electron chi connectivity index (χ0n) is 13.7. The number of imidazole rings is 1. The molecule has 0 aliphatic carbocycles. The third-order valence-corrected chi connectivity index (χ3v) is 5.11. The van der Waals surface area contributed by atoms with Crippen LogP contribution in [0.5, 0.6) is 5.75 Å². The van der Waals surface area contributed by atoms with Gasteiger partial charge in [0.1, 0.15) is 11.6 Å². The summed E-state index contributed by atoms with van der Waals surface area (Å²) in [7, 11) is -2.21. The summed E-state index contributed by atoms with van der Waals surface area (Å²) < 4.78 is 31.9. The van der Waals surface area contributed by atoms with Crippen LogP contribution in [0.25, 0.3) is 22.4 Å². The molecule has 0 fully saturated rings. The Bertz CT molecular complexity index is 1080. The van der Waals surface area contributed by atoms with E-state index in [1.165, 1.54) is 19.2 Å². The molecule has 0 unspecified atom stereocenters. The summed E-state index contributed by atoms with van der Waals surface area (Å²) in [6, 6.07) is 11.9. The van der Waals surface area contributed by atoms with E-state index in [-0.39, 0.29) is 4.90 Å². The van der Waals surface area contributed by atoms with Crippen LogP contribution in [-0.4, -0.2) is 32.0 Å². The maximum absolute atomic E-state index is 12.0. The van der Waals surface area contributed by atoms with Gasteiger partial charge in [-0.2, -0.15) is 5.26 Å². The van der Waals surface area contributed by atoms with Crippen LogP contribution in [0.3, 0.4) is 0 Å². The molecule has 3 aromatic rings. The van der Waals surface area contributed by atoms with Gasteiger partial charge < -0.3 is 9.72 Å². The fourth-order valence-electron chi connectivity index (χ4n) is 2.46. The first kappa shape index (κ1) is 17.0. The van der Waals surface area contributed by atoms with E-state index in [2.05, 4.69) is 20.8 Å². The Labute approximate surface area is 145 Å². The molecule has 0 bridgehead atoms. The summed E-state index contributed by atoms with van der Waals surface area (Å²) in [5.74, 6) is 0.959. The number of aromatic nitrogens is 2. The van der Waals surface area contributed by atoms with Gasteiger partial charge in [0.2, 0.25) is 10.0 Å². The molecule has 0 radical (unpaired) electrons. The number of nitrogens with zero attached hydrogens (tertiary/aromatic N) is 2. The zero-order valence-corrected chi connectivity index (χ0v) is 14.5. The molecular formula is C17H16N4O3S. The molecule has 1 aromatic heterocycles. The predicted molar refractivity (Wildman–Crippen MR) is 93.7 cm³/mol. The molecule has 128 valence electrons. The van der Waals surface area contributed by atoms with E-state index in [0.29, 0.717) is 34.8 Å². The fourth-order valence-corrected chi connectivity index (χ4v) is 3.21. The Morgan fingerprint density at radius 3 is 2.76 bits per heavy atom. The van der Waals surface area contributed by atoms with Crippen LogP contribution < -0.4 is 9.46 Å². The smallest absolute Gasteiger partial charge is 0.240 e. The monoisotopic (exact) mass is 356 g/mol. The number of hydrogen-bond acceptors (Lipinski definition) is 5. The summed E-state index contributed by atoms with van der Waals surface area (Å²) in [4.78, 5) is 7.78. The molecule has 0 spiro atoms. The van der Waals surface area contributed by atoms with Crippen molar-refractivity contribution in [3.63, 3.8) is 0 Å². The van der Waals surface area contributed by atoms with Gasteiger partial charge in [0.05, 0.1) is 39.7 Å². The Morgan fingerprint density at radius 2 is 2.08 bits per heavy atom. The highest BCUT2D eigenvalue weighted by molar-refractivity contribution is 7.89. The Morgan fingerprint density at radius 1 is 1.28 bits per heavy atom. The van der Waals surface area contributed by atoms with Gasteiger partial charge in [-0.05, 0) is 44.3 Å². The molecule has 3 rings (SSSR count). The average Bonchev–Trinajstić information content (AvgIpc) is 3.04. The summed E-state index contributed by atoms with van der Waals surface area (Å²) >= 11 is 0. The number of nitrogens with one attached hydrogen (secondary N) is 2. The molecule has 0 saturated heterocycles. The van der Waals surface area contributed by atoms with E-state index in [1.807, 2.05) is 6.92 Å². The first-order chi connectivity index (χ1) is 12.0.